The van der Waals surface area contributed by atoms with E-state index >= 15 is 0 Å². The Morgan fingerprint density at radius 2 is 1.76 bits per heavy atom. The third-order valence-corrected chi connectivity index (χ3v) is 12.4. The molecule has 2 fully saturated rings. The van der Waals surface area contributed by atoms with Crippen LogP contribution in [0.25, 0.3) is 11.1 Å². The molecule has 240 valence electrons. The van der Waals surface area contributed by atoms with Crippen LogP contribution in [0.2, 0.25) is 0 Å². The summed E-state index contributed by atoms with van der Waals surface area (Å²) >= 11 is 0. The predicted octanol–water partition coefficient (Wildman–Crippen LogP) is 5.48. The van der Waals surface area contributed by atoms with Crippen LogP contribution in [0.15, 0.2) is 36.7 Å². The number of sulfonamides is 1. The van der Waals surface area contributed by atoms with Crippen LogP contribution < -0.4 is 10.2 Å². The summed E-state index contributed by atoms with van der Waals surface area (Å²) in [4.78, 5) is 16.7. The second-order valence-electron chi connectivity index (χ2n) is 12.8. The molecule has 1 saturated carbocycles. The molecule has 2 aromatic carbocycles. The highest BCUT2D eigenvalue weighted by Crippen LogP contribution is 2.45. The summed E-state index contributed by atoms with van der Waals surface area (Å²) in [5, 5.41) is 6.76. The van der Waals surface area contributed by atoms with Crippen LogP contribution in [0.5, 0.6) is 0 Å². The number of rotatable bonds is 6. The average molecular weight is 639 g/mol. The van der Waals surface area contributed by atoms with Gasteiger partial charge < -0.3 is 15.1 Å². The Morgan fingerprint density at radius 1 is 0.978 bits per heavy atom. The molecule has 0 bridgehead atoms. The third kappa shape index (κ3) is 5.60. The van der Waals surface area contributed by atoms with Crippen molar-refractivity contribution >= 4 is 27.4 Å². The second-order valence-corrected chi connectivity index (χ2v) is 15.1. The van der Waals surface area contributed by atoms with E-state index in [0.29, 0.717) is 50.3 Å². The van der Waals surface area contributed by atoms with E-state index < -0.39 is 16.4 Å². The molecule has 1 aliphatic carbocycles. The number of aromatic nitrogens is 2. The quantitative estimate of drug-likeness (QED) is 0.387. The number of hydrogen-bond donors (Lipinski definition) is 1. The van der Waals surface area contributed by atoms with Crippen LogP contribution >= 0.6 is 0 Å². The summed E-state index contributed by atoms with van der Waals surface area (Å²) in [6, 6.07) is 7.86. The average Bonchev–Trinajstić information content (AvgIpc) is 3.83. The van der Waals surface area contributed by atoms with Gasteiger partial charge in [-0.1, -0.05) is 6.07 Å². The van der Waals surface area contributed by atoms with Gasteiger partial charge in [-0.15, -0.1) is 0 Å². The van der Waals surface area contributed by atoms with Crippen LogP contribution in [0.1, 0.15) is 72.3 Å². The second kappa shape index (κ2) is 11.7. The number of benzene rings is 2. The van der Waals surface area contributed by atoms with Crippen molar-refractivity contribution in [3.63, 3.8) is 0 Å². The lowest BCUT2D eigenvalue weighted by molar-refractivity contribution is 0.152. The normalized spacial score (nSPS) is 19.5. The van der Waals surface area contributed by atoms with E-state index in [1.807, 2.05) is 6.07 Å². The van der Waals surface area contributed by atoms with E-state index in [4.69, 9.17) is 0 Å². The molecule has 0 unspecified atom stereocenters. The van der Waals surface area contributed by atoms with Crippen molar-refractivity contribution in [1.82, 2.24) is 24.3 Å². The van der Waals surface area contributed by atoms with Crippen LogP contribution in [-0.4, -0.2) is 71.9 Å². The van der Waals surface area contributed by atoms with Gasteiger partial charge in [0.25, 0.3) is 6.43 Å². The summed E-state index contributed by atoms with van der Waals surface area (Å²) in [6.07, 6.45) is 6.09. The first-order valence-electron chi connectivity index (χ1n) is 16.0. The van der Waals surface area contributed by atoms with E-state index in [0.717, 1.165) is 66.6 Å². The van der Waals surface area contributed by atoms with Gasteiger partial charge in [0.15, 0.2) is 0 Å². The number of carbonyl (C=O) groups is 1. The molecule has 0 radical (unpaired) electrons. The van der Waals surface area contributed by atoms with Gasteiger partial charge in [-0.3, -0.25) is 4.68 Å². The zero-order valence-corrected chi connectivity index (χ0v) is 26.6. The smallest absolute Gasteiger partial charge is 0.317 e. The predicted molar refractivity (Wildman–Crippen MR) is 169 cm³/mol. The minimum Gasteiger partial charge on any atom is -0.341 e. The Hall–Kier alpha value is -3.51. The van der Waals surface area contributed by atoms with Crippen LogP contribution in [0.4, 0.5) is 25.0 Å². The van der Waals surface area contributed by atoms with Crippen LogP contribution in [0.3, 0.4) is 0 Å². The van der Waals surface area contributed by atoms with Gasteiger partial charge in [0, 0.05) is 75.5 Å². The molecule has 0 spiro atoms. The maximum Gasteiger partial charge on any atom is 0.317 e. The summed E-state index contributed by atoms with van der Waals surface area (Å²) < 4.78 is 58.3. The van der Waals surface area contributed by atoms with Crippen molar-refractivity contribution in [3.05, 3.63) is 64.5 Å². The molecule has 45 heavy (non-hydrogen) atoms. The third-order valence-electron chi connectivity index (χ3n) is 9.98. The first-order chi connectivity index (χ1) is 21.6. The molecule has 9 nitrogen and oxygen atoms in total. The maximum atomic E-state index is 14.6. The SMILES string of the molecule is CNC(=O)N1CCc2cc(C3CCN(S(=O)(=O)C4CC4)CC3)cc(N3CCCc4cc(-c5cnn(C)c5)c(C(F)F)cc43)c2C1. The lowest BCUT2D eigenvalue weighted by Crippen LogP contribution is -2.42. The Morgan fingerprint density at radius 3 is 2.42 bits per heavy atom. The number of carbonyl (C=O) groups excluding carboxylic acids is 1. The molecule has 12 heteroatoms. The molecule has 3 aliphatic heterocycles. The fourth-order valence-electron chi connectivity index (χ4n) is 7.39. The highest BCUT2D eigenvalue weighted by Gasteiger charge is 2.41. The fraction of sp³-hybridized carbons (Fsp3) is 0.515. The minimum absolute atomic E-state index is 0.0186. The van der Waals surface area contributed by atoms with E-state index in [9.17, 15) is 22.0 Å². The van der Waals surface area contributed by atoms with Gasteiger partial charge in [-0.2, -0.15) is 5.10 Å². The number of anilines is 2. The topological polar surface area (TPSA) is 90.8 Å². The van der Waals surface area contributed by atoms with Crippen LogP contribution in [-0.2, 0) is 36.5 Å². The molecule has 2 amide bonds. The van der Waals surface area contributed by atoms with Gasteiger partial charge >= 0.3 is 6.03 Å². The highest BCUT2D eigenvalue weighted by atomic mass is 32.2. The highest BCUT2D eigenvalue weighted by molar-refractivity contribution is 7.90. The Bertz CT molecular complexity index is 1730. The number of hydrogen-bond acceptors (Lipinski definition) is 5. The number of amides is 2. The number of halogens is 2. The summed E-state index contributed by atoms with van der Waals surface area (Å²) in [7, 11) is 0.204. The van der Waals surface area contributed by atoms with Crippen molar-refractivity contribution in [2.75, 3.05) is 38.1 Å². The lowest BCUT2D eigenvalue weighted by atomic mass is 9.85. The van der Waals surface area contributed by atoms with Gasteiger partial charge in [0.2, 0.25) is 10.0 Å². The van der Waals surface area contributed by atoms with E-state index in [-0.39, 0.29) is 22.8 Å². The molecule has 1 aromatic heterocycles. The van der Waals surface area contributed by atoms with Gasteiger partial charge in [0.05, 0.1) is 11.4 Å². The number of urea groups is 1. The number of piperidine rings is 1. The van der Waals surface area contributed by atoms with Crippen molar-refractivity contribution < 1.29 is 22.0 Å². The number of alkyl halides is 2. The summed E-state index contributed by atoms with van der Waals surface area (Å²) in [5.41, 5.74) is 7.29. The van der Waals surface area contributed by atoms with Crippen LogP contribution in [0, 0.1) is 0 Å². The zero-order valence-electron chi connectivity index (χ0n) is 25.8. The van der Waals surface area contributed by atoms with Gasteiger partial charge in [-0.05, 0) is 96.9 Å². The summed E-state index contributed by atoms with van der Waals surface area (Å²) in [6.45, 7) is 2.73. The van der Waals surface area contributed by atoms with Crippen molar-refractivity contribution in [2.24, 2.45) is 7.05 Å². The lowest BCUT2D eigenvalue weighted by Gasteiger charge is -2.38. The molecule has 1 N–H and O–H groups in total. The van der Waals surface area contributed by atoms with E-state index in [2.05, 4.69) is 27.4 Å². The monoisotopic (exact) mass is 638 g/mol. The molecular formula is C33H40F2N6O3S. The zero-order chi connectivity index (χ0) is 31.5. The van der Waals surface area contributed by atoms with Gasteiger partial charge in [0.1, 0.15) is 0 Å². The number of nitrogens with zero attached hydrogens (tertiary/aromatic N) is 5. The Labute approximate surface area is 263 Å². The molecule has 7 rings (SSSR count). The number of aryl methyl sites for hydroxylation is 2. The maximum absolute atomic E-state index is 14.6. The molecule has 4 aliphatic rings. The minimum atomic E-state index is -3.20. The Balaban J connectivity index is 1.28. The van der Waals surface area contributed by atoms with E-state index in [1.165, 1.54) is 5.56 Å². The Kier molecular flexibility index (Phi) is 7.84. The number of nitrogens with one attached hydrogen (secondary N) is 1. The molecule has 0 atom stereocenters. The van der Waals surface area contributed by atoms with Crippen molar-refractivity contribution in [1.29, 1.82) is 0 Å². The molecule has 4 heterocycles. The van der Waals surface area contributed by atoms with Crippen molar-refractivity contribution in [3.8, 4) is 11.1 Å². The first-order valence-corrected chi connectivity index (χ1v) is 17.5. The fourth-order valence-corrected chi connectivity index (χ4v) is 9.26. The molecular weight excluding hydrogens is 598 g/mol. The van der Waals surface area contributed by atoms with E-state index in [1.54, 1.807) is 46.4 Å². The molecule has 1 saturated heterocycles. The number of fused-ring (bicyclic) bond motifs is 2. The first kappa shape index (κ1) is 30.2. The van der Waals surface area contributed by atoms with Crippen molar-refractivity contribution in [2.45, 2.75) is 69.1 Å². The standard InChI is InChI=1S/C33H40F2N6O3S/c1-36-33(42)39-11-7-22-14-24(21-8-12-40(13-9-21)45(43,44)26-5-6-26)16-31(29(22)20-39)41-10-3-4-23-15-27(25-18-37-38(2)19-25)28(32(34)35)17-30(23)41/h14-19,21,26,32H,3-13,20H2,1-2H3,(H,36,42). The largest absolute Gasteiger partial charge is 0.341 e. The molecule has 3 aromatic rings. The summed E-state index contributed by atoms with van der Waals surface area (Å²) in [5.74, 6) is 0.200. The van der Waals surface area contributed by atoms with Gasteiger partial charge in [-0.25, -0.2) is 26.3 Å².